The van der Waals surface area contributed by atoms with E-state index in [2.05, 4.69) is 57.5 Å². The summed E-state index contributed by atoms with van der Waals surface area (Å²) in [5, 5.41) is 13.3. The number of aromatic hydroxyl groups is 1. The number of benzene rings is 2. The predicted octanol–water partition coefficient (Wildman–Crippen LogP) is 6.13. The quantitative estimate of drug-likeness (QED) is 0.236. The van der Waals surface area contributed by atoms with Crippen LogP contribution in [0.5, 0.6) is 17.2 Å². The van der Waals surface area contributed by atoms with Gasteiger partial charge in [0, 0.05) is 12.2 Å². The van der Waals surface area contributed by atoms with E-state index in [4.69, 9.17) is 9.47 Å². The Labute approximate surface area is 219 Å². The molecule has 4 rings (SSSR count). The average molecular weight is 504 g/mol. The van der Waals surface area contributed by atoms with Crippen molar-refractivity contribution >= 4 is 0 Å². The van der Waals surface area contributed by atoms with Crippen molar-refractivity contribution in [3.63, 3.8) is 0 Å². The Kier molecular flexibility index (Phi) is 9.12. The largest absolute Gasteiger partial charge is 0.506 e. The minimum atomic E-state index is -0.0965. The summed E-state index contributed by atoms with van der Waals surface area (Å²) in [5.41, 5.74) is 5.93. The number of nitroso groups, excluding NO2 is 1. The van der Waals surface area contributed by atoms with Crippen molar-refractivity contribution < 1.29 is 14.6 Å². The fourth-order valence-corrected chi connectivity index (χ4v) is 5.41. The monoisotopic (exact) mass is 503 g/mol. The fourth-order valence-electron chi connectivity index (χ4n) is 5.41. The van der Waals surface area contributed by atoms with Gasteiger partial charge in [0.15, 0.2) is 11.5 Å². The van der Waals surface area contributed by atoms with Crippen molar-refractivity contribution in [3.05, 3.63) is 87.1 Å². The van der Waals surface area contributed by atoms with E-state index in [1.165, 1.54) is 16.7 Å². The molecule has 2 aromatic carbocycles. The first-order valence-corrected chi connectivity index (χ1v) is 13.1. The summed E-state index contributed by atoms with van der Waals surface area (Å²) < 4.78 is 11.2. The van der Waals surface area contributed by atoms with Crippen molar-refractivity contribution in [2.45, 2.75) is 58.0 Å². The third-order valence-corrected chi connectivity index (χ3v) is 7.22. The second-order valence-corrected chi connectivity index (χ2v) is 9.67. The van der Waals surface area contributed by atoms with Crippen molar-refractivity contribution in [1.82, 2.24) is 9.88 Å². The van der Waals surface area contributed by atoms with Crippen LogP contribution in [-0.2, 0) is 19.4 Å². The summed E-state index contributed by atoms with van der Waals surface area (Å²) in [5.74, 6) is 1.67. The first kappa shape index (κ1) is 26.6. The molecule has 0 fully saturated rings. The number of unbranched alkanes of at least 4 members (excludes halogenated alkanes) is 3. The molecule has 0 saturated heterocycles. The van der Waals surface area contributed by atoms with E-state index >= 15 is 0 Å². The Balaban J connectivity index is 1.39. The second kappa shape index (κ2) is 12.7. The number of nitrogens with zero attached hydrogens (tertiary/aromatic N) is 3. The smallest absolute Gasteiger partial charge is 0.161 e. The second-order valence-electron chi connectivity index (χ2n) is 9.67. The van der Waals surface area contributed by atoms with Crippen LogP contribution >= 0.6 is 0 Å². The van der Waals surface area contributed by atoms with Gasteiger partial charge in [-0.05, 0) is 79.6 Å². The number of ether oxygens (including phenoxy) is 2. The van der Waals surface area contributed by atoms with Gasteiger partial charge in [0.25, 0.3) is 0 Å². The third-order valence-electron chi connectivity index (χ3n) is 7.22. The molecule has 1 N–H and O–H groups in total. The van der Waals surface area contributed by atoms with Gasteiger partial charge in [0.05, 0.1) is 20.3 Å². The van der Waals surface area contributed by atoms with Gasteiger partial charge in [-0.15, -0.1) is 0 Å². The van der Waals surface area contributed by atoms with Crippen LogP contribution in [0.4, 0.5) is 0 Å². The van der Waals surface area contributed by atoms with Gasteiger partial charge in [-0.25, -0.2) is 0 Å². The Morgan fingerprint density at radius 2 is 1.76 bits per heavy atom. The van der Waals surface area contributed by atoms with Crippen LogP contribution in [0.2, 0.25) is 0 Å². The summed E-state index contributed by atoms with van der Waals surface area (Å²) in [6, 6.07) is 17.1. The number of aryl methyl sites for hydroxylation is 2. The molecule has 0 saturated carbocycles. The van der Waals surface area contributed by atoms with E-state index in [-0.39, 0.29) is 18.3 Å². The zero-order valence-electron chi connectivity index (χ0n) is 22.1. The van der Waals surface area contributed by atoms with E-state index in [1.54, 1.807) is 14.2 Å². The van der Waals surface area contributed by atoms with Crippen molar-refractivity contribution in [3.8, 4) is 17.2 Å². The number of fused-ring (bicyclic) bond motifs is 1. The van der Waals surface area contributed by atoms with Crippen LogP contribution in [-0.4, -0.2) is 42.3 Å². The normalized spacial score (nSPS) is 15.3. The number of rotatable bonds is 12. The van der Waals surface area contributed by atoms with E-state index < -0.39 is 0 Å². The summed E-state index contributed by atoms with van der Waals surface area (Å²) in [6.45, 7) is 3.80. The SMILES string of the molecule is COc1cc2c(cc1OC)C(c1ccccc1)N(CCCCCCc1cc(C)nc(CN=O)c1O)CC2. The van der Waals surface area contributed by atoms with Gasteiger partial charge < -0.3 is 14.6 Å². The molecule has 0 bridgehead atoms. The molecule has 1 unspecified atom stereocenters. The first-order valence-electron chi connectivity index (χ1n) is 13.1. The lowest BCUT2D eigenvalue weighted by Gasteiger charge is -2.38. The summed E-state index contributed by atoms with van der Waals surface area (Å²) in [7, 11) is 3.38. The Bertz CT molecular complexity index is 1200. The van der Waals surface area contributed by atoms with Gasteiger partial charge in [-0.1, -0.05) is 48.4 Å². The molecule has 0 radical (unpaired) electrons. The highest BCUT2D eigenvalue weighted by Crippen LogP contribution is 2.41. The Morgan fingerprint density at radius 3 is 2.49 bits per heavy atom. The highest BCUT2D eigenvalue weighted by molar-refractivity contribution is 5.51. The zero-order valence-corrected chi connectivity index (χ0v) is 22.1. The summed E-state index contributed by atoms with van der Waals surface area (Å²) >= 11 is 0. The van der Waals surface area contributed by atoms with Crippen LogP contribution in [0.15, 0.2) is 53.7 Å². The molecule has 2 heterocycles. The lowest BCUT2D eigenvalue weighted by Crippen LogP contribution is -2.36. The number of pyridine rings is 1. The maximum absolute atomic E-state index is 10.6. The molecule has 1 aliphatic heterocycles. The molecule has 3 aromatic rings. The summed E-state index contributed by atoms with van der Waals surface area (Å²) in [4.78, 5) is 17.5. The standard InChI is InChI=1S/C30H37N3O4/c1-21-17-24(30(34)26(32-21)20-31-35)13-7-4-5-10-15-33-16-14-23-18-27(36-2)28(37-3)19-25(23)29(33)22-11-8-6-9-12-22/h6,8-9,11-12,17-19,29,34H,4-5,7,10,13-16,20H2,1-3H3. The molecular formula is C30H37N3O4. The Morgan fingerprint density at radius 1 is 1.03 bits per heavy atom. The predicted molar refractivity (Wildman–Crippen MR) is 145 cm³/mol. The van der Waals surface area contributed by atoms with Crippen molar-refractivity contribution in [1.29, 1.82) is 0 Å². The van der Waals surface area contributed by atoms with Crippen molar-refractivity contribution in [2.75, 3.05) is 27.3 Å². The lowest BCUT2D eigenvalue weighted by molar-refractivity contribution is 0.207. The van der Waals surface area contributed by atoms with Crippen LogP contribution < -0.4 is 9.47 Å². The van der Waals surface area contributed by atoms with E-state index in [1.807, 2.05) is 13.0 Å². The molecule has 0 amide bonds. The first-order chi connectivity index (χ1) is 18.0. The highest BCUT2D eigenvalue weighted by Gasteiger charge is 2.30. The molecule has 37 heavy (non-hydrogen) atoms. The van der Waals surface area contributed by atoms with Gasteiger partial charge >= 0.3 is 0 Å². The third kappa shape index (κ3) is 6.28. The molecule has 0 aliphatic carbocycles. The maximum atomic E-state index is 10.6. The van der Waals surface area contributed by atoms with Crippen molar-refractivity contribution in [2.24, 2.45) is 5.18 Å². The molecule has 7 nitrogen and oxygen atoms in total. The number of hydrogen-bond donors (Lipinski definition) is 1. The Hall–Kier alpha value is -3.45. The van der Waals surface area contributed by atoms with Gasteiger partial charge in [0.1, 0.15) is 18.0 Å². The number of aromatic nitrogens is 1. The molecule has 1 atom stereocenters. The molecule has 196 valence electrons. The van der Waals surface area contributed by atoms with Crippen LogP contribution in [0, 0.1) is 11.8 Å². The summed E-state index contributed by atoms with van der Waals surface area (Å²) in [6.07, 6.45) is 6.03. The maximum Gasteiger partial charge on any atom is 0.161 e. The van der Waals surface area contributed by atoms with E-state index in [0.717, 1.165) is 74.4 Å². The highest BCUT2D eigenvalue weighted by atomic mass is 16.5. The molecule has 1 aromatic heterocycles. The van der Waals surface area contributed by atoms with Gasteiger partial charge in [-0.3, -0.25) is 9.88 Å². The van der Waals surface area contributed by atoms with Gasteiger partial charge in [0.2, 0.25) is 0 Å². The molecule has 7 heteroatoms. The van der Waals surface area contributed by atoms with E-state index in [0.29, 0.717) is 5.69 Å². The average Bonchev–Trinajstić information content (AvgIpc) is 2.92. The molecule has 1 aliphatic rings. The van der Waals surface area contributed by atoms with Crippen LogP contribution in [0.25, 0.3) is 0 Å². The number of hydrogen-bond acceptors (Lipinski definition) is 7. The zero-order chi connectivity index (χ0) is 26.2. The van der Waals surface area contributed by atoms with Gasteiger partial charge in [-0.2, -0.15) is 4.91 Å². The van der Waals surface area contributed by atoms with E-state index in [9.17, 15) is 10.0 Å². The minimum Gasteiger partial charge on any atom is -0.506 e. The molecule has 0 spiro atoms. The fraction of sp³-hybridized carbons (Fsp3) is 0.433. The lowest BCUT2D eigenvalue weighted by atomic mass is 9.87. The van der Waals surface area contributed by atoms with Crippen LogP contribution in [0.3, 0.4) is 0 Å². The molecular weight excluding hydrogens is 466 g/mol. The topological polar surface area (TPSA) is 84.3 Å². The number of methoxy groups -OCH3 is 2. The van der Waals surface area contributed by atoms with Crippen LogP contribution in [0.1, 0.15) is 65.4 Å². The minimum absolute atomic E-state index is 0.0965.